The summed E-state index contributed by atoms with van der Waals surface area (Å²) < 4.78 is 26.7. The van der Waals surface area contributed by atoms with Crippen LogP contribution in [0.4, 0.5) is 8.78 Å². The first-order valence-corrected chi connectivity index (χ1v) is 5.94. The lowest BCUT2D eigenvalue weighted by molar-refractivity contribution is 0.0694. The first-order valence-electron chi connectivity index (χ1n) is 5.94. The highest BCUT2D eigenvalue weighted by molar-refractivity contribution is 5.89. The highest BCUT2D eigenvalue weighted by Crippen LogP contribution is 2.24. The lowest BCUT2D eigenvalue weighted by atomic mass is 9.97. The fourth-order valence-corrected chi connectivity index (χ4v) is 2.00. The number of aliphatic hydroxyl groups is 1. The van der Waals surface area contributed by atoms with Crippen molar-refractivity contribution in [2.45, 2.75) is 12.5 Å². The molecule has 0 saturated carbocycles. The van der Waals surface area contributed by atoms with E-state index in [9.17, 15) is 18.7 Å². The van der Waals surface area contributed by atoms with Crippen molar-refractivity contribution in [3.8, 4) is 0 Å². The van der Waals surface area contributed by atoms with Gasteiger partial charge in [-0.1, -0.05) is 30.3 Å². The molecule has 1 unspecified atom stereocenters. The molecule has 5 heteroatoms. The van der Waals surface area contributed by atoms with Gasteiger partial charge in [0.25, 0.3) is 0 Å². The second-order valence-corrected chi connectivity index (χ2v) is 4.33. The SMILES string of the molecule is O=C(O)c1ccccc1CC(O)c1cccc(F)c1F. The van der Waals surface area contributed by atoms with Gasteiger partial charge >= 0.3 is 5.97 Å². The average molecular weight is 278 g/mol. The third-order valence-electron chi connectivity index (χ3n) is 3.00. The zero-order valence-corrected chi connectivity index (χ0v) is 10.4. The largest absolute Gasteiger partial charge is 0.478 e. The molecule has 2 N–H and O–H groups in total. The lowest BCUT2D eigenvalue weighted by Crippen LogP contribution is -2.09. The van der Waals surface area contributed by atoms with E-state index < -0.39 is 23.7 Å². The Morgan fingerprint density at radius 2 is 1.80 bits per heavy atom. The summed E-state index contributed by atoms with van der Waals surface area (Å²) in [6.45, 7) is 0. The van der Waals surface area contributed by atoms with Gasteiger partial charge in [-0.15, -0.1) is 0 Å². The maximum Gasteiger partial charge on any atom is 0.335 e. The Bertz CT molecular complexity index is 641. The van der Waals surface area contributed by atoms with Crippen LogP contribution in [0.3, 0.4) is 0 Å². The van der Waals surface area contributed by atoms with Crippen molar-refractivity contribution in [3.63, 3.8) is 0 Å². The Balaban J connectivity index is 2.30. The highest BCUT2D eigenvalue weighted by atomic mass is 19.2. The summed E-state index contributed by atoms with van der Waals surface area (Å²) >= 11 is 0. The van der Waals surface area contributed by atoms with Crippen molar-refractivity contribution >= 4 is 5.97 Å². The van der Waals surface area contributed by atoms with Crippen LogP contribution in [-0.2, 0) is 6.42 Å². The minimum atomic E-state index is -1.31. The first-order chi connectivity index (χ1) is 9.50. The van der Waals surface area contributed by atoms with E-state index in [-0.39, 0.29) is 17.5 Å². The minimum Gasteiger partial charge on any atom is -0.478 e. The number of aliphatic hydroxyl groups excluding tert-OH is 1. The van der Waals surface area contributed by atoms with E-state index in [4.69, 9.17) is 5.11 Å². The van der Waals surface area contributed by atoms with E-state index in [0.29, 0.717) is 5.56 Å². The first kappa shape index (κ1) is 14.1. The number of rotatable bonds is 4. The summed E-state index contributed by atoms with van der Waals surface area (Å²) in [6.07, 6.45) is -1.42. The molecule has 2 aromatic rings. The fourth-order valence-electron chi connectivity index (χ4n) is 2.00. The van der Waals surface area contributed by atoms with Gasteiger partial charge in [0.05, 0.1) is 11.7 Å². The summed E-state index contributed by atoms with van der Waals surface area (Å²) in [4.78, 5) is 11.0. The van der Waals surface area contributed by atoms with E-state index in [1.165, 1.54) is 24.3 Å². The molecule has 0 bridgehead atoms. The molecule has 3 nitrogen and oxygen atoms in total. The summed E-state index contributed by atoms with van der Waals surface area (Å²) in [5, 5.41) is 19.0. The molecule has 0 amide bonds. The smallest absolute Gasteiger partial charge is 0.335 e. The van der Waals surface area contributed by atoms with E-state index in [1.807, 2.05) is 0 Å². The van der Waals surface area contributed by atoms with E-state index in [1.54, 1.807) is 12.1 Å². The summed E-state index contributed by atoms with van der Waals surface area (Å²) in [5.41, 5.74) is 0.199. The zero-order valence-electron chi connectivity index (χ0n) is 10.4. The predicted octanol–water partition coefficient (Wildman–Crippen LogP) is 2.94. The molecule has 0 aliphatic carbocycles. The molecule has 104 valence electrons. The van der Waals surface area contributed by atoms with Gasteiger partial charge in [-0.3, -0.25) is 0 Å². The monoisotopic (exact) mass is 278 g/mol. The maximum absolute atomic E-state index is 13.6. The van der Waals surface area contributed by atoms with E-state index in [0.717, 1.165) is 6.07 Å². The van der Waals surface area contributed by atoms with Gasteiger partial charge < -0.3 is 10.2 Å². The Labute approximate surface area is 114 Å². The van der Waals surface area contributed by atoms with Crippen LogP contribution in [0.5, 0.6) is 0 Å². The molecule has 0 aliphatic rings. The van der Waals surface area contributed by atoms with Crippen LogP contribution >= 0.6 is 0 Å². The van der Waals surface area contributed by atoms with Gasteiger partial charge in [0, 0.05) is 12.0 Å². The van der Waals surface area contributed by atoms with Crippen molar-refractivity contribution in [1.82, 2.24) is 0 Å². The minimum absolute atomic E-state index is 0.0309. The van der Waals surface area contributed by atoms with Crippen LogP contribution in [0.2, 0.25) is 0 Å². The van der Waals surface area contributed by atoms with Crippen molar-refractivity contribution in [2.24, 2.45) is 0 Å². The van der Waals surface area contributed by atoms with Gasteiger partial charge in [0.15, 0.2) is 11.6 Å². The molecule has 0 saturated heterocycles. The van der Waals surface area contributed by atoms with Crippen molar-refractivity contribution in [2.75, 3.05) is 0 Å². The average Bonchev–Trinajstić information content (AvgIpc) is 2.42. The third-order valence-corrected chi connectivity index (χ3v) is 3.00. The summed E-state index contributed by atoms with van der Waals surface area (Å²) in [5.74, 6) is -3.30. The van der Waals surface area contributed by atoms with Crippen LogP contribution in [0.25, 0.3) is 0 Å². The van der Waals surface area contributed by atoms with Crippen molar-refractivity contribution in [3.05, 3.63) is 70.8 Å². The Hall–Kier alpha value is -2.27. The number of carboxylic acids is 1. The van der Waals surface area contributed by atoms with Gasteiger partial charge in [-0.05, 0) is 17.7 Å². The molecular formula is C15H12F2O3. The van der Waals surface area contributed by atoms with Gasteiger partial charge in [0.1, 0.15) is 0 Å². The predicted molar refractivity (Wildman–Crippen MR) is 68.4 cm³/mol. The van der Waals surface area contributed by atoms with Gasteiger partial charge in [-0.25, -0.2) is 13.6 Å². The number of carboxylic acid groups (broad SMARTS) is 1. The molecule has 0 radical (unpaired) electrons. The van der Waals surface area contributed by atoms with Gasteiger partial charge in [0.2, 0.25) is 0 Å². The molecule has 2 rings (SSSR count). The molecule has 0 aliphatic heterocycles. The number of hydrogen-bond donors (Lipinski definition) is 2. The highest BCUT2D eigenvalue weighted by Gasteiger charge is 2.18. The maximum atomic E-state index is 13.6. The molecule has 2 aromatic carbocycles. The topological polar surface area (TPSA) is 57.5 Å². The molecule has 0 fully saturated rings. The standard InChI is InChI=1S/C15H12F2O3/c16-12-7-3-6-11(14(12)17)13(18)8-9-4-1-2-5-10(9)15(19)20/h1-7,13,18H,8H2,(H,19,20). The Morgan fingerprint density at radius 3 is 2.50 bits per heavy atom. The van der Waals surface area contributed by atoms with Crippen LogP contribution in [0.1, 0.15) is 27.6 Å². The van der Waals surface area contributed by atoms with Crippen LogP contribution in [0.15, 0.2) is 42.5 Å². The van der Waals surface area contributed by atoms with E-state index >= 15 is 0 Å². The zero-order chi connectivity index (χ0) is 14.7. The van der Waals surface area contributed by atoms with Crippen LogP contribution < -0.4 is 0 Å². The molecule has 20 heavy (non-hydrogen) atoms. The van der Waals surface area contributed by atoms with E-state index in [2.05, 4.69) is 0 Å². The molecular weight excluding hydrogens is 266 g/mol. The number of benzene rings is 2. The number of halogens is 2. The Morgan fingerprint density at radius 1 is 1.10 bits per heavy atom. The number of aromatic carboxylic acids is 1. The molecule has 0 heterocycles. The second kappa shape index (κ2) is 5.79. The lowest BCUT2D eigenvalue weighted by Gasteiger charge is -2.13. The normalized spacial score (nSPS) is 12.2. The Kier molecular flexibility index (Phi) is 4.10. The molecule has 1 atom stereocenters. The quantitative estimate of drug-likeness (QED) is 0.904. The van der Waals surface area contributed by atoms with Gasteiger partial charge in [-0.2, -0.15) is 0 Å². The second-order valence-electron chi connectivity index (χ2n) is 4.33. The summed E-state index contributed by atoms with van der Waals surface area (Å²) in [7, 11) is 0. The number of carbonyl (C=O) groups is 1. The van der Waals surface area contributed by atoms with Crippen molar-refractivity contribution < 1.29 is 23.8 Å². The summed E-state index contributed by atoms with van der Waals surface area (Å²) in [6, 6.07) is 9.62. The fraction of sp³-hybridized carbons (Fsp3) is 0.133. The van der Waals surface area contributed by atoms with Crippen LogP contribution in [0, 0.1) is 11.6 Å². The molecule has 0 aromatic heterocycles. The molecule has 0 spiro atoms. The van der Waals surface area contributed by atoms with Crippen molar-refractivity contribution in [1.29, 1.82) is 0 Å². The number of hydrogen-bond acceptors (Lipinski definition) is 2. The third kappa shape index (κ3) is 2.83. The van der Waals surface area contributed by atoms with Crippen LogP contribution in [-0.4, -0.2) is 16.2 Å².